The molecule has 0 aliphatic carbocycles. The highest BCUT2D eigenvalue weighted by atomic mass is 35.5. The van der Waals surface area contributed by atoms with Gasteiger partial charge in [0.25, 0.3) is 0 Å². The van der Waals surface area contributed by atoms with E-state index in [-0.39, 0.29) is 5.41 Å². The smallest absolute Gasteiger partial charge is 0.209 e. The largest absolute Gasteiger partial charge is 0.372 e. The summed E-state index contributed by atoms with van der Waals surface area (Å²) in [5.41, 5.74) is 7.73. The van der Waals surface area contributed by atoms with E-state index in [1.54, 1.807) is 0 Å². The Balaban J connectivity index is 1.97. The zero-order valence-electron chi connectivity index (χ0n) is 18.0. The Kier molecular flexibility index (Phi) is 6.00. The third kappa shape index (κ3) is 3.51. The number of fused-ring (bicyclic) bond motifs is 1. The lowest BCUT2D eigenvalue weighted by molar-refractivity contribution is -0.401. The van der Waals surface area contributed by atoms with Gasteiger partial charge in [-0.05, 0) is 75.6 Å². The Morgan fingerprint density at radius 2 is 1.75 bits per heavy atom. The average Bonchev–Trinajstić information content (AvgIpc) is 2.89. The molecule has 1 heterocycles. The van der Waals surface area contributed by atoms with E-state index in [0.29, 0.717) is 0 Å². The first kappa shape index (κ1) is 20.7. The Morgan fingerprint density at radius 3 is 2.36 bits per heavy atom. The summed E-state index contributed by atoms with van der Waals surface area (Å²) >= 11 is 6.31. The van der Waals surface area contributed by atoms with E-state index in [2.05, 4.69) is 93.6 Å². The zero-order valence-corrected chi connectivity index (χ0v) is 18.8. The standard InChI is InChI=1S/C25H32ClN2/c1-7-25(5)22-17-20(26)12-14-23(22)27(6)24(25)15-11-19-10-13-21(16-18(19)4)28(8-2)9-3/h10-17H,7-9H2,1-6H3/q+1. The Morgan fingerprint density at radius 1 is 1.04 bits per heavy atom. The minimum atomic E-state index is -0.0272. The van der Waals surface area contributed by atoms with Crippen molar-refractivity contribution in [3.8, 4) is 0 Å². The highest BCUT2D eigenvalue weighted by Gasteiger charge is 2.45. The van der Waals surface area contributed by atoms with Crippen LogP contribution in [-0.4, -0.2) is 30.4 Å². The molecule has 3 heteroatoms. The van der Waals surface area contributed by atoms with E-state index in [0.717, 1.165) is 24.5 Å². The lowest BCUT2D eigenvalue weighted by Gasteiger charge is -2.22. The molecule has 0 N–H and O–H groups in total. The molecular formula is C25H32ClN2+. The summed E-state index contributed by atoms with van der Waals surface area (Å²) in [6.45, 7) is 13.2. The van der Waals surface area contributed by atoms with Crippen molar-refractivity contribution in [3.05, 3.63) is 64.2 Å². The van der Waals surface area contributed by atoms with Crippen LogP contribution < -0.4 is 4.90 Å². The third-order valence-electron chi connectivity index (χ3n) is 6.35. The quantitative estimate of drug-likeness (QED) is 0.499. The number of anilines is 1. The first-order valence-electron chi connectivity index (χ1n) is 10.3. The van der Waals surface area contributed by atoms with Gasteiger partial charge < -0.3 is 4.90 Å². The minimum Gasteiger partial charge on any atom is -0.372 e. The molecule has 0 fully saturated rings. The second-order valence-corrected chi connectivity index (χ2v) is 8.27. The number of benzene rings is 2. The maximum absolute atomic E-state index is 6.31. The maximum atomic E-state index is 6.31. The van der Waals surface area contributed by atoms with Crippen molar-refractivity contribution < 1.29 is 4.58 Å². The maximum Gasteiger partial charge on any atom is 0.209 e. The van der Waals surface area contributed by atoms with Crippen LogP contribution >= 0.6 is 11.6 Å². The van der Waals surface area contributed by atoms with Crippen LogP contribution in [0.3, 0.4) is 0 Å². The molecule has 0 spiro atoms. The number of hydrogen-bond donors (Lipinski definition) is 0. The predicted molar refractivity (Wildman–Crippen MR) is 124 cm³/mol. The number of aryl methyl sites for hydroxylation is 1. The number of rotatable bonds is 6. The molecule has 0 amide bonds. The number of nitrogens with zero attached hydrogens (tertiary/aromatic N) is 2. The van der Waals surface area contributed by atoms with E-state index in [1.807, 2.05) is 6.07 Å². The fourth-order valence-corrected chi connectivity index (χ4v) is 4.52. The number of halogens is 1. The Bertz CT molecular complexity index is 938. The SMILES string of the molecule is CCN(CC)c1ccc(/C=C/C2=[N+](C)c3ccc(Cl)cc3C2(C)CC)c(C)c1. The van der Waals surface area contributed by atoms with Gasteiger partial charge >= 0.3 is 0 Å². The van der Waals surface area contributed by atoms with Crippen LogP contribution in [0.4, 0.5) is 11.4 Å². The van der Waals surface area contributed by atoms with Gasteiger partial charge in [0.05, 0.1) is 5.41 Å². The highest BCUT2D eigenvalue weighted by molar-refractivity contribution is 6.30. The van der Waals surface area contributed by atoms with E-state index < -0.39 is 0 Å². The van der Waals surface area contributed by atoms with Gasteiger partial charge in [-0.25, -0.2) is 0 Å². The molecule has 28 heavy (non-hydrogen) atoms. The summed E-state index contributed by atoms with van der Waals surface area (Å²) in [5.74, 6) is 0. The van der Waals surface area contributed by atoms with Gasteiger partial charge in [0.15, 0.2) is 5.71 Å². The summed E-state index contributed by atoms with van der Waals surface area (Å²) in [6.07, 6.45) is 5.58. The molecule has 2 aromatic rings. The highest BCUT2D eigenvalue weighted by Crippen LogP contribution is 2.43. The van der Waals surface area contributed by atoms with Crippen LogP contribution in [0.25, 0.3) is 6.08 Å². The Labute approximate surface area is 175 Å². The van der Waals surface area contributed by atoms with Gasteiger partial charge in [0, 0.05) is 41.5 Å². The van der Waals surface area contributed by atoms with Crippen LogP contribution in [-0.2, 0) is 5.41 Å². The van der Waals surface area contributed by atoms with Crippen molar-refractivity contribution in [2.45, 2.75) is 46.5 Å². The van der Waals surface area contributed by atoms with E-state index >= 15 is 0 Å². The van der Waals surface area contributed by atoms with E-state index in [4.69, 9.17) is 11.6 Å². The lowest BCUT2D eigenvalue weighted by atomic mass is 9.77. The summed E-state index contributed by atoms with van der Waals surface area (Å²) in [6, 6.07) is 13.0. The van der Waals surface area contributed by atoms with Crippen molar-refractivity contribution in [1.29, 1.82) is 0 Å². The fraction of sp³-hybridized carbons (Fsp3) is 0.400. The van der Waals surface area contributed by atoms with Crippen molar-refractivity contribution in [2.24, 2.45) is 0 Å². The molecule has 0 saturated carbocycles. The van der Waals surface area contributed by atoms with Crippen LogP contribution in [0.15, 0.2) is 42.5 Å². The van der Waals surface area contributed by atoms with Gasteiger partial charge in [-0.2, -0.15) is 4.58 Å². The summed E-state index contributed by atoms with van der Waals surface area (Å²) in [5, 5.41) is 0.805. The molecule has 1 atom stereocenters. The molecule has 1 aliphatic rings. The van der Waals surface area contributed by atoms with Gasteiger partial charge in [0.2, 0.25) is 5.69 Å². The topological polar surface area (TPSA) is 6.25 Å². The molecule has 0 aromatic heterocycles. The van der Waals surface area contributed by atoms with Crippen molar-refractivity contribution in [2.75, 3.05) is 25.0 Å². The first-order valence-corrected chi connectivity index (χ1v) is 10.7. The molecule has 148 valence electrons. The van der Waals surface area contributed by atoms with Gasteiger partial charge in [-0.1, -0.05) is 24.6 Å². The average molecular weight is 396 g/mol. The first-order chi connectivity index (χ1) is 13.3. The number of allylic oxidation sites excluding steroid dienone is 1. The van der Waals surface area contributed by atoms with Crippen molar-refractivity contribution >= 4 is 34.8 Å². The molecule has 3 rings (SSSR count). The van der Waals surface area contributed by atoms with E-state index in [9.17, 15) is 0 Å². The molecule has 1 unspecified atom stereocenters. The van der Waals surface area contributed by atoms with Crippen LogP contribution in [0.2, 0.25) is 5.02 Å². The number of hydrogen-bond acceptors (Lipinski definition) is 1. The zero-order chi connectivity index (χ0) is 20.5. The van der Waals surface area contributed by atoms with Gasteiger partial charge in [-0.15, -0.1) is 0 Å². The predicted octanol–water partition coefficient (Wildman–Crippen LogP) is 6.60. The summed E-state index contributed by atoms with van der Waals surface area (Å²) in [7, 11) is 2.16. The summed E-state index contributed by atoms with van der Waals surface area (Å²) < 4.78 is 2.31. The molecule has 0 radical (unpaired) electrons. The van der Waals surface area contributed by atoms with E-state index in [1.165, 1.54) is 33.8 Å². The minimum absolute atomic E-state index is 0.0272. The second kappa shape index (κ2) is 8.13. The second-order valence-electron chi connectivity index (χ2n) is 7.84. The monoisotopic (exact) mass is 395 g/mol. The van der Waals surface area contributed by atoms with Crippen LogP contribution in [0, 0.1) is 6.92 Å². The summed E-state index contributed by atoms with van der Waals surface area (Å²) in [4.78, 5) is 2.38. The van der Waals surface area contributed by atoms with Crippen molar-refractivity contribution in [1.82, 2.24) is 0 Å². The van der Waals surface area contributed by atoms with Crippen molar-refractivity contribution in [3.63, 3.8) is 0 Å². The molecule has 0 bridgehead atoms. The van der Waals surface area contributed by atoms with Crippen LogP contribution in [0.1, 0.15) is 50.8 Å². The molecule has 0 saturated heterocycles. The fourth-order valence-electron chi connectivity index (χ4n) is 4.35. The molecule has 1 aliphatic heterocycles. The normalized spacial score (nSPS) is 18.8. The molecule has 2 nitrogen and oxygen atoms in total. The van der Waals surface area contributed by atoms with Gasteiger partial charge in [0.1, 0.15) is 7.05 Å². The lowest BCUT2D eigenvalue weighted by Crippen LogP contribution is -2.29. The van der Waals surface area contributed by atoms with Gasteiger partial charge in [-0.3, -0.25) is 0 Å². The molecule has 2 aromatic carbocycles. The van der Waals surface area contributed by atoms with Crippen LogP contribution in [0.5, 0.6) is 0 Å². The Hall–Kier alpha value is -2.06. The third-order valence-corrected chi connectivity index (χ3v) is 6.59. The molecular weight excluding hydrogens is 364 g/mol.